The van der Waals surface area contributed by atoms with E-state index in [2.05, 4.69) is 0 Å². The van der Waals surface area contributed by atoms with Gasteiger partial charge in [-0.1, -0.05) is 12.1 Å². The number of benzene rings is 2. The number of phenolic OH excluding ortho intramolecular Hbond substituents is 3. The summed E-state index contributed by atoms with van der Waals surface area (Å²) in [5.74, 6) is -0.112. The molecule has 0 radical (unpaired) electrons. The van der Waals surface area contributed by atoms with Crippen LogP contribution in [0.2, 0.25) is 0 Å². The van der Waals surface area contributed by atoms with Crippen molar-refractivity contribution in [2.75, 3.05) is 0 Å². The lowest BCUT2D eigenvalue weighted by Gasteiger charge is -2.08. The van der Waals surface area contributed by atoms with E-state index in [1.807, 2.05) is 6.92 Å². The van der Waals surface area contributed by atoms with Gasteiger partial charge in [-0.25, -0.2) is 0 Å². The smallest absolute Gasteiger partial charge is 0.165 e. The van der Waals surface area contributed by atoms with Crippen molar-refractivity contribution in [1.82, 2.24) is 0 Å². The molecule has 3 N–H and O–H groups in total. The summed E-state index contributed by atoms with van der Waals surface area (Å²) >= 11 is 0. The third kappa shape index (κ3) is 1.80. The molecule has 0 aromatic heterocycles. The molecule has 0 fully saturated rings. The summed E-state index contributed by atoms with van der Waals surface area (Å²) in [6.45, 7) is 1.84. The van der Waals surface area contributed by atoms with Gasteiger partial charge in [0.25, 0.3) is 0 Å². The van der Waals surface area contributed by atoms with Crippen molar-refractivity contribution in [3.05, 3.63) is 42.0 Å². The van der Waals surface area contributed by atoms with Gasteiger partial charge in [-0.05, 0) is 42.3 Å². The minimum absolute atomic E-state index is 0.136. The molecule has 0 aliphatic rings. The second-order valence-corrected chi connectivity index (χ2v) is 3.73. The Balaban J connectivity index is 2.59. The van der Waals surface area contributed by atoms with Crippen molar-refractivity contribution in [1.29, 1.82) is 0 Å². The number of hydrogen-bond donors (Lipinski definition) is 3. The molecule has 3 nitrogen and oxygen atoms in total. The molecule has 2 rings (SSSR count). The molecule has 3 heteroatoms. The van der Waals surface area contributed by atoms with E-state index in [0.29, 0.717) is 5.56 Å². The molecule has 2 aromatic rings. The predicted octanol–water partition coefficient (Wildman–Crippen LogP) is 2.78. The van der Waals surface area contributed by atoms with Crippen molar-refractivity contribution in [3.8, 4) is 28.4 Å². The van der Waals surface area contributed by atoms with Crippen molar-refractivity contribution < 1.29 is 15.3 Å². The second kappa shape index (κ2) is 3.77. The SMILES string of the molecule is Cc1cc(O)c(O)c(-c2ccc(O)cc2)c1. The average molecular weight is 216 g/mol. The maximum absolute atomic E-state index is 9.73. The van der Waals surface area contributed by atoms with E-state index in [1.54, 1.807) is 18.2 Å². The number of rotatable bonds is 1. The molecule has 0 saturated heterocycles. The van der Waals surface area contributed by atoms with Gasteiger partial charge in [-0.2, -0.15) is 0 Å². The molecule has 0 atom stereocenters. The molecule has 0 unspecified atom stereocenters. The van der Waals surface area contributed by atoms with Crippen LogP contribution in [0.3, 0.4) is 0 Å². The van der Waals surface area contributed by atoms with Crippen LogP contribution in [0.5, 0.6) is 17.2 Å². The van der Waals surface area contributed by atoms with Gasteiger partial charge in [0.15, 0.2) is 11.5 Å². The third-order valence-corrected chi connectivity index (χ3v) is 2.41. The third-order valence-electron chi connectivity index (χ3n) is 2.41. The van der Waals surface area contributed by atoms with Gasteiger partial charge in [0.1, 0.15) is 5.75 Å². The van der Waals surface area contributed by atoms with Crippen LogP contribution in [-0.4, -0.2) is 15.3 Å². The molecule has 0 amide bonds. The Hall–Kier alpha value is -2.16. The minimum Gasteiger partial charge on any atom is -0.508 e. The Kier molecular flexibility index (Phi) is 2.44. The van der Waals surface area contributed by atoms with Gasteiger partial charge < -0.3 is 15.3 Å². The molecule has 0 heterocycles. The van der Waals surface area contributed by atoms with Crippen molar-refractivity contribution >= 4 is 0 Å². The zero-order valence-electron chi connectivity index (χ0n) is 8.81. The van der Waals surface area contributed by atoms with Crippen molar-refractivity contribution in [3.63, 3.8) is 0 Å². The highest BCUT2D eigenvalue weighted by molar-refractivity contribution is 5.74. The normalized spacial score (nSPS) is 10.3. The van der Waals surface area contributed by atoms with Crippen LogP contribution < -0.4 is 0 Å². The van der Waals surface area contributed by atoms with E-state index in [0.717, 1.165) is 11.1 Å². The minimum atomic E-state index is -0.142. The van der Waals surface area contributed by atoms with Crippen LogP contribution in [0.25, 0.3) is 11.1 Å². The number of hydrogen-bond acceptors (Lipinski definition) is 3. The zero-order valence-corrected chi connectivity index (χ0v) is 8.81. The van der Waals surface area contributed by atoms with Gasteiger partial charge in [-0.3, -0.25) is 0 Å². The Labute approximate surface area is 93.2 Å². The lowest BCUT2D eigenvalue weighted by molar-refractivity contribution is 0.405. The Morgan fingerprint density at radius 3 is 2.12 bits per heavy atom. The van der Waals surface area contributed by atoms with Crippen LogP contribution in [0.4, 0.5) is 0 Å². The van der Waals surface area contributed by atoms with Crippen LogP contribution >= 0.6 is 0 Å². The lowest BCUT2D eigenvalue weighted by atomic mass is 10.0. The fraction of sp³-hybridized carbons (Fsp3) is 0.0769. The van der Waals surface area contributed by atoms with Crippen molar-refractivity contribution in [2.45, 2.75) is 6.92 Å². The second-order valence-electron chi connectivity index (χ2n) is 3.73. The maximum atomic E-state index is 9.73. The summed E-state index contributed by atoms with van der Waals surface area (Å²) in [6.07, 6.45) is 0. The number of aryl methyl sites for hydroxylation is 1. The maximum Gasteiger partial charge on any atom is 0.165 e. The first kappa shape index (κ1) is 10.4. The first-order valence-electron chi connectivity index (χ1n) is 4.90. The van der Waals surface area contributed by atoms with E-state index in [4.69, 9.17) is 0 Å². The zero-order chi connectivity index (χ0) is 11.7. The van der Waals surface area contributed by atoms with Crippen molar-refractivity contribution in [2.24, 2.45) is 0 Å². The monoisotopic (exact) mass is 216 g/mol. The van der Waals surface area contributed by atoms with Crippen LogP contribution in [-0.2, 0) is 0 Å². The molecule has 82 valence electrons. The Bertz CT molecular complexity index is 515. The summed E-state index contributed by atoms with van der Waals surface area (Å²) in [5.41, 5.74) is 2.16. The van der Waals surface area contributed by atoms with E-state index in [9.17, 15) is 15.3 Å². The highest BCUT2D eigenvalue weighted by Gasteiger charge is 2.09. The fourth-order valence-electron chi connectivity index (χ4n) is 1.62. The first-order chi connectivity index (χ1) is 7.58. The molecule has 0 saturated carbocycles. The Morgan fingerprint density at radius 1 is 0.875 bits per heavy atom. The van der Waals surface area contributed by atoms with Crippen LogP contribution in [0, 0.1) is 6.92 Å². The van der Waals surface area contributed by atoms with Gasteiger partial charge in [0, 0.05) is 5.56 Å². The number of aromatic hydroxyl groups is 3. The standard InChI is InChI=1S/C13H12O3/c1-8-6-11(13(16)12(15)7-8)9-2-4-10(14)5-3-9/h2-7,14-16H,1H3. The molecule has 0 spiro atoms. The lowest BCUT2D eigenvalue weighted by Crippen LogP contribution is -1.82. The van der Waals surface area contributed by atoms with E-state index < -0.39 is 0 Å². The molecular weight excluding hydrogens is 204 g/mol. The summed E-state index contributed by atoms with van der Waals surface area (Å²) in [4.78, 5) is 0. The van der Waals surface area contributed by atoms with Crippen LogP contribution in [0.1, 0.15) is 5.56 Å². The van der Waals surface area contributed by atoms with Crippen LogP contribution in [0.15, 0.2) is 36.4 Å². The topological polar surface area (TPSA) is 60.7 Å². The first-order valence-corrected chi connectivity index (χ1v) is 4.90. The van der Waals surface area contributed by atoms with Gasteiger partial charge >= 0.3 is 0 Å². The molecule has 0 bridgehead atoms. The number of phenols is 3. The van der Waals surface area contributed by atoms with Gasteiger partial charge in [0.2, 0.25) is 0 Å². The van der Waals surface area contributed by atoms with E-state index in [1.165, 1.54) is 18.2 Å². The summed E-state index contributed by atoms with van der Waals surface area (Å²) in [7, 11) is 0. The summed E-state index contributed by atoms with van der Waals surface area (Å²) in [5, 5.41) is 28.4. The average Bonchev–Trinajstić information content (AvgIpc) is 2.25. The molecular formula is C13H12O3. The van der Waals surface area contributed by atoms with E-state index >= 15 is 0 Å². The largest absolute Gasteiger partial charge is 0.508 e. The summed E-state index contributed by atoms with van der Waals surface area (Å²) in [6, 6.07) is 9.72. The highest BCUT2D eigenvalue weighted by Crippen LogP contribution is 2.37. The molecule has 16 heavy (non-hydrogen) atoms. The predicted molar refractivity (Wildman–Crippen MR) is 61.6 cm³/mol. The quantitative estimate of drug-likeness (QED) is 0.642. The Morgan fingerprint density at radius 2 is 1.50 bits per heavy atom. The fourth-order valence-corrected chi connectivity index (χ4v) is 1.62. The summed E-state index contributed by atoms with van der Waals surface area (Å²) < 4.78 is 0. The molecule has 2 aromatic carbocycles. The van der Waals surface area contributed by atoms with E-state index in [-0.39, 0.29) is 17.2 Å². The molecule has 0 aliphatic heterocycles. The van der Waals surface area contributed by atoms with Gasteiger partial charge in [0.05, 0.1) is 0 Å². The highest BCUT2D eigenvalue weighted by atomic mass is 16.3. The van der Waals surface area contributed by atoms with Gasteiger partial charge in [-0.15, -0.1) is 0 Å². The molecule has 0 aliphatic carbocycles.